The summed E-state index contributed by atoms with van der Waals surface area (Å²) in [6, 6.07) is 25.8. The van der Waals surface area contributed by atoms with Crippen LogP contribution in [-0.4, -0.2) is 14.7 Å². The fourth-order valence-electron chi connectivity index (χ4n) is 8.74. The van der Waals surface area contributed by atoms with Gasteiger partial charge in [0.15, 0.2) is 0 Å². The first-order valence-corrected chi connectivity index (χ1v) is 25.2. The number of fused-ring (bicyclic) bond motifs is 2. The zero-order valence-electron chi connectivity index (χ0n) is 41.0. The van der Waals surface area contributed by atoms with Crippen LogP contribution in [0.5, 0.6) is 0 Å². The SMILES string of the molecule is CCC(C)(C)c1cc(C(C)(C)CC)c2cc(-c3ccccc3P(O)(O)(O)c3cc4c(C(C)(C)CC)cc(C(C)(C)CC)cc4cc3C(C)(C)CC)c(C(C)(C)CC)cc2c1. The van der Waals surface area contributed by atoms with E-state index in [9.17, 15) is 14.7 Å². The minimum absolute atomic E-state index is 0.00416. The van der Waals surface area contributed by atoms with Crippen LogP contribution in [0.1, 0.15) is 197 Å². The van der Waals surface area contributed by atoms with E-state index in [1.54, 1.807) is 6.07 Å². The van der Waals surface area contributed by atoms with E-state index in [0.29, 0.717) is 5.56 Å². The number of hydrogen-bond donors (Lipinski definition) is 3. The van der Waals surface area contributed by atoms with Gasteiger partial charge in [-0.25, -0.2) is 0 Å². The Morgan fingerprint density at radius 3 is 1.17 bits per heavy atom. The maximum absolute atomic E-state index is 13.3. The van der Waals surface area contributed by atoms with Gasteiger partial charge in [0, 0.05) is 0 Å². The molecule has 0 aliphatic rings. The van der Waals surface area contributed by atoms with Gasteiger partial charge in [-0.3, -0.25) is 0 Å². The normalized spacial score (nSPS) is 14.5. The number of benzene rings is 5. The van der Waals surface area contributed by atoms with E-state index in [2.05, 4.69) is 167 Å². The third kappa shape index (κ3) is 8.40. The summed E-state index contributed by atoms with van der Waals surface area (Å²) in [6.07, 6.45) is 5.54. The molecule has 0 aromatic heterocycles. The van der Waals surface area contributed by atoms with E-state index in [1.165, 1.54) is 33.0 Å². The van der Waals surface area contributed by atoms with Gasteiger partial charge < -0.3 is 0 Å². The van der Waals surface area contributed by atoms with E-state index < -0.39 is 12.7 Å². The van der Waals surface area contributed by atoms with Crippen molar-refractivity contribution in [3.63, 3.8) is 0 Å². The van der Waals surface area contributed by atoms with Crippen LogP contribution in [0.3, 0.4) is 0 Å². The molecule has 328 valence electrons. The standard InChI is InChI=1S/C56H81O3P/c1-19-51(7,8)39-29-37-31-45(53(11,12)21-3)44(35-42(37)46(33-39)54(13,14)22-4)41-27-25-26-28-49(41)60(57,58,59)50-36-43-38(32-48(50)56(17,18)24-6)30-40(52(9,10)20-2)34-47(43)55(15,16)23-5/h25-36,57-59H,19-24H2,1-18H3. The van der Waals surface area contributed by atoms with E-state index in [1.807, 2.05) is 24.3 Å². The van der Waals surface area contributed by atoms with Gasteiger partial charge in [-0.2, -0.15) is 0 Å². The average Bonchev–Trinajstić information content (AvgIpc) is 3.21. The van der Waals surface area contributed by atoms with Gasteiger partial charge >= 0.3 is 367 Å². The van der Waals surface area contributed by atoms with Crippen LogP contribution in [0.25, 0.3) is 32.7 Å². The molecular weight excluding hydrogens is 752 g/mol. The van der Waals surface area contributed by atoms with Crippen molar-refractivity contribution in [2.24, 2.45) is 0 Å². The molecule has 0 heterocycles. The second-order valence-electron chi connectivity index (χ2n) is 22.2. The zero-order chi connectivity index (χ0) is 45.3. The summed E-state index contributed by atoms with van der Waals surface area (Å²) < 4.78 is 0. The molecule has 0 atom stereocenters. The van der Waals surface area contributed by atoms with Gasteiger partial charge in [0.2, 0.25) is 0 Å². The molecule has 0 amide bonds. The van der Waals surface area contributed by atoms with E-state index >= 15 is 0 Å². The van der Waals surface area contributed by atoms with Crippen LogP contribution in [0.15, 0.2) is 72.8 Å². The molecule has 0 bridgehead atoms. The Hall–Kier alpha value is -3.07. The Labute approximate surface area is 365 Å². The van der Waals surface area contributed by atoms with Crippen LogP contribution in [0.2, 0.25) is 0 Å². The molecule has 60 heavy (non-hydrogen) atoms. The molecule has 0 radical (unpaired) electrons. The van der Waals surface area contributed by atoms with Crippen LogP contribution in [-0.2, 0) is 32.5 Å². The number of hydrogen-bond acceptors (Lipinski definition) is 3. The first kappa shape index (κ1) is 48.0. The molecule has 0 aliphatic heterocycles. The predicted octanol–water partition coefficient (Wildman–Crippen LogP) is 15.0. The molecule has 4 heteroatoms. The van der Waals surface area contributed by atoms with Crippen molar-refractivity contribution >= 4 is 39.4 Å². The monoisotopic (exact) mass is 833 g/mol. The molecular formula is C56H81O3P. The summed E-state index contributed by atoms with van der Waals surface area (Å²) in [5.41, 5.74) is 7.50. The second kappa shape index (κ2) is 15.9. The average molecular weight is 833 g/mol. The van der Waals surface area contributed by atoms with Crippen molar-refractivity contribution in [1.82, 2.24) is 0 Å². The van der Waals surface area contributed by atoms with Crippen molar-refractivity contribution in [3.05, 3.63) is 106 Å². The Morgan fingerprint density at radius 2 is 0.733 bits per heavy atom. The van der Waals surface area contributed by atoms with E-state index in [-0.39, 0.29) is 37.7 Å². The minimum atomic E-state index is -5.90. The topological polar surface area (TPSA) is 60.7 Å². The van der Waals surface area contributed by atoms with Crippen LogP contribution in [0, 0.1) is 0 Å². The molecule has 3 nitrogen and oxygen atoms in total. The predicted molar refractivity (Wildman–Crippen MR) is 266 cm³/mol. The van der Waals surface area contributed by atoms with Crippen molar-refractivity contribution in [3.8, 4) is 11.1 Å². The summed E-state index contributed by atoms with van der Waals surface area (Å²) in [5, 5.41) is 4.83. The van der Waals surface area contributed by atoms with E-state index in [4.69, 9.17) is 0 Å². The van der Waals surface area contributed by atoms with Crippen molar-refractivity contribution in [2.75, 3.05) is 0 Å². The molecule has 0 unspecified atom stereocenters. The molecule has 5 aromatic carbocycles. The van der Waals surface area contributed by atoms with Gasteiger partial charge in [0.1, 0.15) is 0 Å². The molecule has 0 spiro atoms. The molecule has 3 N–H and O–H groups in total. The fraction of sp³-hybridized carbons (Fsp3) is 0.536. The summed E-state index contributed by atoms with van der Waals surface area (Å²) >= 11 is 0. The second-order valence-corrected chi connectivity index (χ2v) is 25.1. The van der Waals surface area contributed by atoms with Gasteiger partial charge in [-0.1, -0.05) is 0 Å². The van der Waals surface area contributed by atoms with Gasteiger partial charge in [-0.15, -0.1) is 0 Å². The molecule has 0 saturated heterocycles. The van der Waals surface area contributed by atoms with Crippen LogP contribution >= 0.6 is 7.28 Å². The fourth-order valence-corrected chi connectivity index (χ4v) is 11.2. The van der Waals surface area contributed by atoms with Crippen LogP contribution < -0.4 is 10.6 Å². The first-order chi connectivity index (χ1) is 27.5. The summed E-state index contributed by atoms with van der Waals surface area (Å²) in [6.45, 7) is 40.7. The summed E-state index contributed by atoms with van der Waals surface area (Å²) in [4.78, 5) is 40.0. The Balaban J connectivity index is 1.98. The van der Waals surface area contributed by atoms with Crippen molar-refractivity contribution in [2.45, 2.75) is 196 Å². The van der Waals surface area contributed by atoms with Gasteiger partial charge in [0.05, 0.1) is 0 Å². The molecule has 0 aliphatic carbocycles. The van der Waals surface area contributed by atoms with Gasteiger partial charge in [0.25, 0.3) is 0 Å². The van der Waals surface area contributed by atoms with Crippen molar-refractivity contribution in [1.29, 1.82) is 0 Å². The molecule has 5 rings (SSSR count). The Morgan fingerprint density at radius 1 is 0.367 bits per heavy atom. The molecule has 0 saturated carbocycles. The molecule has 5 aromatic rings. The van der Waals surface area contributed by atoms with Crippen LogP contribution in [0.4, 0.5) is 0 Å². The molecule has 0 fully saturated rings. The quantitative estimate of drug-likeness (QED) is 0.0921. The summed E-state index contributed by atoms with van der Waals surface area (Å²) in [5.74, 6) is 0. The number of rotatable bonds is 15. The maximum atomic E-state index is 13.3. The Bertz CT molecular complexity index is 2400. The van der Waals surface area contributed by atoms with Gasteiger partial charge in [-0.05, 0) is 0 Å². The first-order valence-electron chi connectivity index (χ1n) is 23.1. The summed E-state index contributed by atoms with van der Waals surface area (Å²) in [7, 11) is -5.90. The van der Waals surface area contributed by atoms with Crippen molar-refractivity contribution < 1.29 is 14.7 Å². The Kier molecular flexibility index (Phi) is 12.7. The third-order valence-electron chi connectivity index (χ3n) is 16.0. The van der Waals surface area contributed by atoms with E-state index in [0.717, 1.165) is 66.0 Å². The third-order valence-corrected chi connectivity index (χ3v) is 18.6. The zero-order valence-corrected chi connectivity index (χ0v) is 41.9.